The van der Waals surface area contributed by atoms with E-state index in [1.807, 2.05) is 0 Å². The fraction of sp³-hybridized carbons (Fsp3) is 0.571. The number of hydrogen-bond donors (Lipinski definition) is 1. The Kier molecular flexibility index (Phi) is 4.36. The van der Waals surface area contributed by atoms with E-state index in [1.165, 1.54) is 5.56 Å². The third-order valence-corrected chi connectivity index (χ3v) is 4.13. The van der Waals surface area contributed by atoms with Crippen molar-refractivity contribution in [1.82, 2.24) is 5.32 Å². The average molecular weight is 270 g/mol. The van der Waals surface area contributed by atoms with Gasteiger partial charge in [0.05, 0.1) is 19.2 Å². The van der Waals surface area contributed by atoms with Gasteiger partial charge in [-0.05, 0) is 56.0 Å². The minimum atomic E-state index is 0.559. The molecule has 1 aromatic rings. The van der Waals surface area contributed by atoms with Gasteiger partial charge >= 0.3 is 0 Å². The summed E-state index contributed by atoms with van der Waals surface area (Å²) >= 11 is 6.38. The molecule has 1 aliphatic heterocycles. The van der Waals surface area contributed by atoms with Gasteiger partial charge in [0.15, 0.2) is 11.5 Å². The Morgan fingerprint density at radius 1 is 1.22 bits per heavy atom. The van der Waals surface area contributed by atoms with E-state index in [0.717, 1.165) is 37.2 Å². The van der Waals surface area contributed by atoms with Gasteiger partial charge in [-0.3, -0.25) is 0 Å². The average Bonchev–Trinajstić information content (AvgIpc) is 2.42. The van der Waals surface area contributed by atoms with Crippen LogP contribution < -0.4 is 14.8 Å². The molecule has 0 spiro atoms. The summed E-state index contributed by atoms with van der Waals surface area (Å²) in [6.07, 6.45) is 2.29. The lowest BCUT2D eigenvalue weighted by Gasteiger charge is -2.26. The number of hydrogen-bond acceptors (Lipinski definition) is 3. The normalized spacial score (nSPS) is 16.7. The van der Waals surface area contributed by atoms with Crippen LogP contribution in [-0.4, -0.2) is 27.3 Å². The van der Waals surface area contributed by atoms with Crippen molar-refractivity contribution in [2.75, 3.05) is 27.3 Å². The van der Waals surface area contributed by atoms with Crippen molar-refractivity contribution in [2.45, 2.75) is 25.7 Å². The van der Waals surface area contributed by atoms with Gasteiger partial charge in [0, 0.05) is 0 Å². The van der Waals surface area contributed by atoms with Gasteiger partial charge in [0.1, 0.15) is 0 Å². The van der Waals surface area contributed by atoms with Gasteiger partial charge in [-0.2, -0.15) is 0 Å². The number of nitrogens with one attached hydrogen (secondary N) is 1. The molecule has 1 aromatic carbocycles. The molecule has 0 saturated carbocycles. The largest absolute Gasteiger partial charge is 0.493 e. The van der Waals surface area contributed by atoms with Crippen molar-refractivity contribution in [3.63, 3.8) is 0 Å². The molecule has 1 N–H and O–H groups in total. The molecule has 0 bridgehead atoms. The van der Waals surface area contributed by atoms with Crippen molar-refractivity contribution < 1.29 is 9.47 Å². The van der Waals surface area contributed by atoms with Gasteiger partial charge in [-0.25, -0.2) is 0 Å². The van der Waals surface area contributed by atoms with E-state index in [2.05, 4.69) is 18.3 Å². The summed E-state index contributed by atoms with van der Waals surface area (Å²) in [4.78, 5) is 0. The quantitative estimate of drug-likeness (QED) is 0.915. The molecule has 0 aromatic heterocycles. The summed E-state index contributed by atoms with van der Waals surface area (Å²) in [5, 5.41) is 4.05. The molecule has 2 rings (SSSR count). The topological polar surface area (TPSA) is 30.5 Å². The third-order valence-electron chi connectivity index (χ3n) is 3.68. The highest BCUT2D eigenvalue weighted by molar-refractivity contribution is 6.33. The Labute approximate surface area is 113 Å². The number of rotatable bonds is 3. The molecular weight excluding hydrogens is 250 g/mol. The molecule has 18 heavy (non-hydrogen) atoms. The Morgan fingerprint density at radius 3 is 2.44 bits per heavy atom. The van der Waals surface area contributed by atoms with Gasteiger partial charge in [0.25, 0.3) is 0 Å². The van der Waals surface area contributed by atoms with Gasteiger partial charge in [-0.1, -0.05) is 11.6 Å². The molecule has 0 aliphatic carbocycles. The third kappa shape index (κ3) is 2.43. The van der Waals surface area contributed by atoms with E-state index in [4.69, 9.17) is 21.1 Å². The number of halogens is 1. The van der Waals surface area contributed by atoms with Crippen LogP contribution in [0.2, 0.25) is 5.02 Å². The highest BCUT2D eigenvalue weighted by Crippen LogP contribution is 2.42. The molecule has 0 radical (unpaired) electrons. The highest BCUT2D eigenvalue weighted by Gasteiger charge is 2.22. The van der Waals surface area contributed by atoms with Crippen LogP contribution in [0, 0.1) is 6.92 Å². The van der Waals surface area contributed by atoms with E-state index >= 15 is 0 Å². The van der Waals surface area contributed by atoms with E-state index in [9.17, 15) is 0 Å². The van der Waals surface area contributed by atoms with E-state index in [1.54, 1.807) is 14.2 Å². The summed E-state index contributed by atoms with van der Waals surface area (Å²) in [7, 11) is 3.27. The molecule has 100 valence electrons. The smallest absolute Gasteiger partial charge is 0.179 e. The highest BCUT2D eigenvalue weighted by atomic mass is 35.5. The van der Waals surface area contributed by atoms with E-state index in [-0.39, 0.29) is 0 Å². The van der Waals surface area contributed by atoms with Crippen molar-refractivity contribution >= 4 is 11.6 Å². The maximum absolute atomic E-state index is 6.38. The lowest BCUT2D eigenvalue weighted by molar-refractivity contribution is 0.353. The minimum absolute atomic E-state index is 0.559. The second-order valence-electron chi connectivity index (χ2n) is 4.66. The number of benzene rings is 1. The fourth-order valence-corrected chi connectivity index (χ4v) is 2.90. The Bertz CT molecular complexity index is 428. The standard InChI is InChI=1S/C14H20ClNO2/c1-9-11(10-4-6-16-7-5-10)8-12(17-2)14(18-3)13(9)15/h8,10,16H,4-7H2,1-3H3. The second-order valence-corrected chi connectivity index (χ2v) is 5.04. The second kappa shape index (κ2) is 5.81. The van der Waals surface area contributed by atoms with Crippen LogP contribution in [0.4, 0.5) is 0 Å². The molecule has 1 fully saturated rings. The SMILES string of the molecule is COc1cc(C2CCNCC2)c(C)c(Cl)c1OC. The Morgan fingerprint density at radius 2 is 1.89 bits per heavy atom. The van der Waals surface area contributed by atoms with Crippen molar-refractivity contribution in [3.05, 3.63) is 22.2 Å². The predicted molar refractivity (Wildman–Crippen MR) is 74.1 cm³/mol. The molecule has 1 aliphatic rings. The van der Waals surface area contributed by atoms with Crippen LogP contribution >= 0.6 is 11.6 Å². The molecule has 0 amide bonds. The van der Waals surface area contributed by atoms with Crippen molar-refractivity contribution in [2.24, 2.45) is 0 Å². The first-order chi connectivity index (χ1) is 8.69. The van der Waals surface area contributed by atoms with Gasteiger partial charge in [-0.15, -0.1) is 0 Å². The number of methoxy groups -OCH3 is 2. The van der Waals surface area contributed by atoms with Gasteiger partial charge in [0.2, 0.25) is 0 Å². The molecule has 3 nitrogen and oxygen atoms in total. The molecule has 1 heterocycles. The van der Waals surface area contributed by atoms with Crippen LogP contribution in [0.5, 0.6) is 11.5 Å². The first kappa shape index (κ1) is 13.5. The number of piperidine rings is 1. The predicted octanol–water partition coefficient (Wildman–Crippen LogP) is 3.13. The molecular formula is C14H20ClNO2. The zero-order valence-electron chi connectivity index (χ0n) is 11.2. The van der Waals surface area contributed by atoms with Crippen molar-refractivity contribution in [3.8, 4) is 11.5 Å². The summed E-state index contributed by atoms with van der Waals surface area (Å²) in [6, 6.07) is 2.08. The first-order valence-corrected chi connectivity index (χ1v) is 6.68. The summed E-state index contributed by atoms with van der Waals surface area (Å²) < 4.78 is 10.7. The van der Waals surface area contributed by atoms with Crippen molar-refractivity contribution in [1.29, 1.82) is 0 Å². The zero-order valence-corrected chi connectivity index (χ0v) is 11.9. The van der Waals surface area contributed by atoms with E-state index < -0.39 is 0 Å². The molecule has 0 unspecified atom stereocenters. The van der Waals surface area contributed by atoms with Crippen LogP contribution in [0.25, 0.3) is 0 Å². The summed E-state index contributed by atoms with van der Waals surface area (Å²) in [5.41, 5.74) is 2.40. The maximum atomic E-state index is 6.38. The maximum Gasteiger partial charge on any atom is 0.179 e. The fourth-order valence-electron chi connectivity index (χ4n) is 2.62. The van der Waals surface area contributed by atoms with Crippen LogP contribution in [0.1, 0.15) is 29.9 Å². The van der Waals surface area contributed by atoms with Crippen LogP contribution in [0.3, 0.4) is 0 Å². The molecule has 4 heteroatoms. The first-order valence-electron chi connectivity index (χ1n) is 6.30. The zero-order chi connectivity index (χ0) is 13.1. The minimum Gasteiger partial charge on any atom is -0.493 e. The summed E-state index contributed by atoms with van der Waals surface area (Å²) in [6.45, 7) is 4.19. The van der Waals surface area contributed by atoms with Gasteiger partial charge < -0.3 is 14.8 Å². The molecule has 1 saturated heterocycles. The van der Waals surface area contributed by atoms with Crippen LogP contribution in [-0.2, 0) is 0 Å². The molecule has 0 atom stereocenters. The Hall–Kier alpha value is -0.930. The summed E-state index contributed by atoms with van der Waals surface area (Å²) in [5.74, 6) is 1.92. The number of ether oxygens (including phenoxy) is 2. The lowest BCUT2D eigenvalue weighted by Crippen LogP contribution is -2.27. The monoisotopic (exact) mass is 269 g/mol. The van der Waals surface area contributed by atoms with E-state index in [0.29, 0.717) is 16.7 Å². The lowest BCUT2D eigenvalue weighted by atomic mass is 9.87. The van der Waals surface area contributed by atoms with Crippen LogP contribution in [0.15, 0.2) is 6.07 Å². The Balaban J connectivity index is 2.44.